The van der Waals surface area contributed by atoms with Crippen LogP contribution >= 0.6 is 0 Å². The lowest BCUT2D eigenvalue weighted by atomic mass is 9.81. The number of allylic oxidation sites excluding steroid dienone is 1. The first kappa shape index (κ1) is 10.8. The molecule has 76 valence electrons. The number of aliphatic hydroxyl groups excluding tert-OH is 1. The summed E-state index contributed by atoms with van der Waals surface area (Å²) < 4.78 is 0. The van der Waals surface area contributed by atoms with Crippen LogP contribution in [0.3, 0.4) is 0 Å². The van der Waals surface area contributed by atoms with Gasteiger partial charge >= 0.3 is 0 Å². The maximum atomic E-state index is 8.64. The Bertz CT molecular complexity index is 145. The summed E-state index contributed by atoms with van der Waals surface area (Å²) in [7, 11) is 0. The molecular weight excluding hydrogens is 160 g/mol. The van der Waals surface area contributed by atoms with Crippen molar-refractivity contribution in [3.05, 3.63) is 12.2 Å². The average molecular weight is 182 g/mol. The number of hydrogen-bond donors (Lipinski definition) is 1. The van der Waals surface area contributed by atoms with E-state index >= 15 is 0 Å². The molecule has 0 aliphatic heterocycles. The Morgan fingerprint density at radius 1 is 1.31 bits per heavy atom. The van der Waals surface area contributed by atoms with Gasteiger partial charge in [0, 0.05) is 6.61 Å². The van der Waals surface area contributed by atoms with E-state index in [4.69, 9.17) is 5.11 Å². The fraction of sp³-hybridized carbons (Fsp3) is 0.833. The van der Waals surface area contributed by atoms with Crippen molar-refractivity contribution in [1.82, 2.24) is 0 Å². The fourth-order valence-electron chi connectivity index (χ4n) is 2.20. The highest BCUT2D eigenvalue weighted by molar-refractivity contribution is 4.90. The summed E-state index contributed by atoms with van der Waals surface area (Å²) in [6, 6.07) is 0. The molecule has 0 heterocycles. The van der Waals surface area contributed by atoms with Crippen LogP contribution in [-0.2, 0) is 0 Å². The first-order valence-corrected chi connectivity index (χ1v) is 5.62. The molecule has 0 radical (unpaired) electrons. The summed E-state index contributed by atoms with van der Waals surface area (Å²) in [5, 5.41) is 8.64. The lowest BCUT2D eigenvalue weighted by molar-refractivity contribution is 0.294. The first-order chi connectivity index (χ1) is 6.34. The van der Waals surface area contributed by atoms with Gasteiger partial charge < -0.3 is 5.11 Å². The van der Waals surface area contributed by atoms with E-state index in [1.54, 1.807) is 0 Å². The minimum atomic E-state index is 0.286. The van der Waals surface area contributed by atoms with Crippen molar-refractivity contribution in [3.8, 4) is 0 Å². The number of hydrogen-bond acceptors (Lipinski definition) is 1. The Balaban J connectivity index is 2.24. The molecule has 0 bridgehead atoms. The van der Waals surface area contributed by atoms with Gasteiger partial charge in [0.2, 0.25) is 0 Å². The zero-order valence-corrected chi connectivity index (χ0v) is 8.71. The van der Waals surface area contributed by atoms with E-state index < -0.39 is 0 Å². The van der Waals surface area contributed by atoms with Crippen molar-refractivity contribution in [2.75, 3.05) is 6.61 Å². The molecule has 0 aromatic heterocycles. The summed E-state index contributed by atoms with van der Waals surface area (Å²) in [5.41, 5.74) is 0. The van der Waals surface area contributed by atoms with Gasteiger partial charge in [-0.2, -0.15) is 0 Å². The lowest BCUT2D eigenvalue weighted by Crippen LogP contribution is -2.13. The van der Waals surface area contributed by atoms with Crippen LogP contribution < -0.4 is 0 Å². The van der Waals surface area contributed by atoms with Crippen LogP contribution in [0.5, 0.6) is 0 Å². The van der Waals surface area contributed by atoms with E-state index in [1.807, 2.05) is 0 Å². The van der Waals surface area contributed by atoms with Crippen molar-refractivity contribution in [2.45, 2.75) is 45.4 Å². The molecular formula is C12H22O. The van der Waals surface area contributed by atoms with Crippen LogP contribution in [0.25, 0.3) is 0 Å². The van der Waals surface area contributed by atoms with Crippen molar-refractivity contribution < 1.29 is 5.11 Å². The third-order valence-corrected chi connectivity index (χ3v) is 3.13. The van der Waals surface area contributed by atoms with Gasteiger partial charge in [0.15, 0.2) is 0 Å². The van der Waals surface area contributed by atoms with Crippen molar-refractivity contribution in [2.24, 2.45) is 11.8 Å². The molecule has 1 unspecified atom stereocenters. The average Bonchev–Trinajstić information content (AvgIpc) is 2.19. The molecule has 0 aromatic rings. The summed E-state index contributed by atoms with van der Waals surface area (Å²) in [6.07, 6.45) is 12.3. The monoisotopic (exact) mass is 182 g/mol. The van der Waals surface area contributed by atoms with E-state index in [-0.39, 0.29) is 6.61 Å². The van der Waals surface area contributed by atoms with Gasteiger partial charge in [-0.15, -0.1) is 0 Å². The topological polar surface area (TPSA) is 20.2 Å². The molecule has 1 atom stereocenters. The zero-order chi connectivity index (χ0) is 9.52. The Kier molecular flexibility index (Phi) is 5.14. The van der Waals surface area contributed by atoms with E-state index in [2.05, 4.69) is 19.1 Å². The van der Waals surface area contributed by atoms with Gasteiger partial charge in [-0.05, 0) is 31.1 Å². The predicted octanol–water partition coefficient (Wildman–Crippen LogP) is 3.14. The molecule has 1 N–H and O–H groups in total. The fourth-order valence-corrected chi connectivity index (χ4v) is 2.20. The van der Waals surface area contributed by atoms with E-state index in [0.29, 0.717) is 5.92 Å². The second kappa shape index (κ2) is 6.20. The Hall–Kier alpha value is -0.300. The van der Waals surface area contributed by atoms with Crippen LogP contribution in [0, 0.1) is 11.8 Å². The number of aliphatic hydroxyl groups is 1. The van der Waals surface area contributed by atoms with E-state index in [9.17, 15) is 0 Å². The number of rotatable bonds is 4. The largest absolute Gasteiger partial charge is 0.396 e. The highest BCUT2D eigenvalue weighted by atomic mass is 16.2. The highest BCUT2D eigenvalue weighted by Gasteiger charge is 2.17. The maximum Gasteiger partial charge on any atom is 0.0465 e. The lowest BCUT2D eigenvalue weighted by Gasteiger charge is -2.25. The van der Waals surface area contributed by atoms with Gasteiger partial charge in [-0.25, -0.2) is 0 Å². The third-order valence-electron chi connectivity index (χ3n) is 3.13. The summed E-state index contributed by atoms with van der Waals surface area (Å²) >= 11 is 0. The van der Waals surface area contributed by atoms with Gasteiger partial charge in [0.1, 0.15) is 0 Å². The predicted molar refractivity (Wildman–Crippen MR) is 56.6 cm³/mol. The van der Waals surface area contributed by atoms with Gasteiger partial charge in [-0.1, -0.05) is 38.3 Å². The highest BCUT2D eigenvalue weighted by Crippen LogP contribution is 2.30. The summed E-state index contributed by atoms with van der Waals surface area (Å²) in [4.78, 5) is 0. The molecule has 0 aromatic carbocycles. The minimum Gasteiger partial charge on any atom is -0.396 e. The molecule has 0 spiro atoms. The molecule has 0 saturated heterocycles. The Labute approximate surface area is 81.9 Å². The van der Waals surface area contributed by atoms with E-state index in [0.717, 1.165) is 12.3 Å². The molecule has 1 rings (SSSR count). The zero-order valence-electron chi connectivity index (χ0n) is 8.71. The second-order valence-corrected chi connectivity index (χ2v) is 4.20. The molecule has 0 amide bonds. The third kappa shape index (κ3) is 3.95. The van der Waals surface area contributed by atoms with Crippen LogP contribution in [0.1, 0.15) is 45.4 Å². The van der Waals surface area contributed by atoms with E-state index in [1.165, 1.54) is 32.1 Å². The quantitative estimate of drug-likeness (QED) is 0.662. The summed E-state index contributed by atoms with van der Waals surface area (Å²) in [5.74, 6) is 1.62. The normalized spacial score (nSPS) is 22.3. The second-order valence-electron chi connectivity index (χ2n) is 4.20. The molecule has 1 aliphatic rings. The van der Waals surface area contributed by atoms with Crippen LogP contribution in [0.2, 0.25) is 0 Å². The maximum absolute atomic E-state index is 8.64. The van der Waals surface area contributed by atoms with Gasteiger partial charge in [-0.3, -0.25) is 0 Å². The Morgan fingerprint density at radius 3 is 2.62 bits per heavy atom. The molecule has 1 fully saturated rings. The molecule has 1 saturated carbocycles. The van der Waals surface area contributed by atoms with Crippen molar-refractivity contribution >= 4 is 0 Å². The molecule has 1 nitrogen and oxygen atoms in total. The smallest absolute Gasteiger partial charge is 0.0465 e. The molecule has 1 aliphatic carbocycles. The van der Waals surface area contributed by atoms with Crippen LogP contribution in [0.15, 0.2) is 12.2 Å². The van der Waals surface area contributed by atoms with Gasteiger partial charge in [0.25, 0.3) is 0 Å². The van der Waals surface area contributed by atoms with Crippen molar-refractivity contribution in [3.63, 3.8) is 0 Å². The van der Waals surface area contributed by atoms with Crippen LogP contribution in [-0.4, -0.2) is 11.7 Å². The molecule has 13 heavy (non-hydrogen) atoms. The molecule has 1 heteroatoms. The summed E-state index contributed by atoms with van der Waals surface area (Å²) in [6.45, 7) is 2.59. The van der Waals surface area contributed by atoms with Crippen molar-refractivity contribution in [1.29, 1.82) is 0 Å². The first-order valence-electron chi connectivity index (χ1n) is 5.62. The minimum absolute atomic E-state index is 0.286. The Morgan fingerprint density at radius 2 is 2.00 bits per heavy atom. The standard InChI is InChI=1S/C12H22O/c1-11(7-5-6-10-13)12-8-3-2-4-9-12/h5,7,11-13H,2-4,6,8-10H2,1H3. The SMILES string of the molecule is CC(C=CCCO)C1CCCCC1. The van der Waals surface area contributed by atoms with Gasteiger partial charge in [0.05, 0.1) is 0 Å². The van der Waals surface area contributed by atoms with Crippen LogP contribution in [0.4, 0.5) is 0 Å².